The molecule has 1 N–H and O–H groups in total. The fourth-order valence-corrected chi connectivity index (χ4v) is 6.77. The largest absolute Gasteiger partial charge is 0.338 e. The van der Waals surface area contributed by atoms with Crippen molar-refractivity contribution in [2.45, 2.75) is 109 Å². The number of nitrogens with one attached hydrogen (secondary N) is 1. The summed E-state index contributed by atoms with van der Waals surface area (Å²) in [4.78, 5) is 8.71. The van der Waals surface area contributed by atoms with Crippen molar-refractivity contribution in [3.8, 4) is 22.5 Å². The maximum absolute atomic E-state index is 5.03. The molecule has 0 saturated heterocycles. The molecule has 1 aliphatic carbocycles. The summed E-state index contributed by atoms with van der Waals surface area (Å²) < 4.78 is 0. The predicted octanol–water partition coefficient (Wildman–Crippen LogP) is 11.0. The summed E-state index contributed by atoms with van der Waals surface area (Å²) in [5, 5.41) is 0. The van der Waals surface area contributed by atoms with Gasteiger partial charge in [-0.15, -0.1) is 0 Å². The average molecular weight is 507 g/mol. The van der Waals surface area contributed by atoms with E-state index in [2.05, 4.69) is 85.6 Å². The van der Waals surface area contributed by atoms with E-state index >= 15 is 0 Å². The first kappa shape index (κ1) is 26.7. The Morgan fingerprint density at radius 1 is 0.605 bits per heavy atom. The molecule has 0 radical (unpaired) electrons. The minimum absolute atomic E-state index is 0.119. The molecule has 200 valence electrons. The Labute approximate surface area is 230 Å². The van der Waals surface area contributed by atoms with Gasteiger partial charge in [-0.1, -0.05) is 145 Å². The first-order valence-electron chi connectivity index (χ1n) is 15.5. The third-order valence-electron chi connectivity index (χ3n) is 8.83. The van der Waals surface area contributed by atoms with Crippen LogP contribution in [0, 0.1) is 0 Å². The van der Waals surface area contributed by atoms with E-state index in [9.17, 15) is 0 Å². The number of benzene rings is 3. The van der Waals surface area contributed by atoms with Crippen LogP contribution in [0.1, 0.15) is 115 Å². The zero-order valence-electron chi connectivity index (χ0n) is 23.7. The van der Waals surface area contributed by atoms with Crippen LogP contribution in [0.2, 0.25) is 0 Å². The molecule has 0 atom stereocenters. The molecule has 0 bridgehead atoms. The van der Waals surface area contributed by atoms with Crippen molar-refractivity contribution in [1.29, 1.82) is 0 Å². The van der Waals surface area contributed by atoms with Crippen molar-refractivity contribution in [1.82, 2.24) is 9.97 Å². The van der Waals surface area contributed by atoms with Gasteiger partial charge in [0.25, 0.3) is 0 Å². The van der Waals surface area contributed by atoms with Crippen molar-refractivity contribution in [2.24, 2.45) is 0 Å². The van der Waals surface area contributed by atoms with Gasteiger partial charge in [0.2, 0.25) is 0 Å². The molecule has 0 saturated carbocycles. The molecular formula is C36H46N2. The molecule has 1 heterocycles. The van der Waals surface area contributed by atoms with E-state index < -0.39 is 0 Å². The number of nitrogens with zero attached hydrogens (tertiary/aromatic N) is 1. The van der Waals surface area contributed by atoms with E-state index in [1.807, 2.05) is 0 Å². The number of imidazole rings is 1. The van der Waals surface area contributed by atoms with Crippen LogP contribution in [0.15, 0.2) is 66.7 Å². The number of H-pyrrole nitrogens is 1. The summed E-state index contributed by atoms with van der Waals surface area (Å²) in [5.41, 5.74) is 9.47. The van der Waals surface area contributed by atoms with Crippen molar-refractivity contribution in [3.05, 3.63) is 77.9 Å². The van der Waals surface area contributed by atoms with Gasteiger partial charge in [0.15, 0.2) is 0 Å². The molecule has 0 amide bonds. The van der Waals surface area contributed by atoms with Gasteiger partial charge in [-0.2, -0.15) is 0 Å². The Bertz CT molecular complexity index is 1280. The zero-order chi connectivity index (χ0) is 26.2. The fraction of sp³-hybridized carbons (Fsp3) is 0.472. The van der Waals surface area contributed by atoms with Crippen LogP contribution >= 0.6 is 0 Å². The van der Waals surface area contributed by atoms with Crippen LogP contribution in [-0.2, 0) is 5.41 Å². The number of hydrogen-bond acceptors (Lipinski definition) is 1. The summed E-state index contributed by atoms with van der Waals surface area (Å²) >= 11 is 0. The lowest BCUT2D eigenvalue weighted by Gasteiger charge is -2.33. The molecule has 1 aromatic heterocycles. The standard InChI is InChI=1S/C36H46N2/c1-3-5-7-9-11-18-24-36(25-19-12-10-8-6-4-2)31-23-17-16-22-29(31)30-26-33-34(27-32(30)36)38-35(37-33)28-20-14-13-15-21-28/h13-17,20-23,26-27H,3-12,18-19,24-25H2,1-2H3,(H,37,38). The number of aromatic nitrogens is 2. The second-order valence-corrected chi connectivity index (χ2v) is 11.5. The Morgan fingerprint density at radius 3 is 1.89 bits per heavy atom. The number of aromatic amines is 1. The van der Waals surface area contributed by atoms with Crippen LogP contribution in [0.25, 0.3) is 33.5 Å². The highest BCUT2D eigenvalue weighted by atomic mass is 14.9. The van der Waals surface area contributed by atoms with Crippen LogP contribution in [0.4, 0.5) is 0 Å². The van der Waals surface area contributed by atoms with Gasteiger partial charge in [0.05, 0.1) is 11.0 Å². The topological polar surface area (TPSA) is 28.7 Å². The molecule has 0 aliphatic heterocycles. The van der Waals surface area contributed by atoms with Gasteiger partial charge < -0.3 is 4.98 Å². The van der Waals surface area contributed by atoms with E-state index in [-0.39, 0.29) is 5.41 Å². The maximum atomic E-state index is 5.03. The lowest BCUT2D eigenvalue weighted by Crippen LogP contribution is -2.25. The van der Waals surface area contributed by atoms with E-state index in [4.69, 9.17) is 4.98 Å². The highest BCUT2D eigenvalue weighted by molar-refractivity contribution is 5.91. The molecule has 1 aliphatic rings. The van der Waals surface area contributed by atoms with Gasteiger partial charge in [-0.05, 0) is 47.2 Å². The van der Waals surface area contributed by atoms with Gasteiger partial charge in [-0.25, -0.2) is 4.98 Å². The van der Waals surface area contributed by atoms with Crippen molar-refractivity contribution >= 4 is 11.0 Å². The van der Waals surface area contributed by atoms with E-state index in [0.29, 0.717) is 0 Å². The van der Waals surface area contributed by atoms with Crippen LogP contribution < -0.4 is 0 Å². The van der Waals surface area contributed by atoms with Crippen molar-refractivity contribution in [2.75, 3.05) is 0 Å². The highest BCUT2D eigenvalue weighted by Crippen LogP contribution is 2.55. The van der Waals surface area contributed by atoms with Crippen molar-refractivity contribution < 1.29 is 0 Å². The number of fused-ring (bicyclic) bond motifs is 4. The van der Waals surface area contributed by atoms with Gasteiger partial charge in [0, 0.05) is 11.0 Å². The van der Waals surface area contributed by atoms with E-state index in [1.54, 1.807) is 5.56 Å². The van der Waals surface area contributed by atoms with Crippen LogP contribution in [0.5, 0.6) is 0 Å². The summed E-state index contributed by atoms with van der Waals surface area (Å²) in [6.07, 6.45) is 18.7. The summed E-state index contributed by atoms with van der Waals surface area (Å²) in [6, 6.07) is 24.6. The highest BCUT2D eigenvalue weighted by Gasteiger charge is 2.42. The second-order valence-electron chi connectivity index (χ2n) is 11.5. The molecule has 2 nitrogen and oxygen atoms in total. The third kappa shape index (κ3) is 5.60. The zero-order valence-corrected chi connectivity index (χ0v) is 23.7. The summed E-state index contributed by atoms with van der Waals surface area (Å²) in [6.45, 7) is 4.61. The van der Waals surface area contributed by atoms with Crippen molar-refractivity contribution in [3.63, 3.8) is 0 Å². The van der Waals surface area contributed by atoms with Gasteiger partial charge >= 0.3 is 0 Å². The average Bonchev–Trinajstić information content (AvgIpc) is 3.49. The predicted molar refractivity (Wildman–Crippen MR) is 164 cm³/mol. The molecule has 0 spiro atoms. The summed E-state index contributed by atoms with van der Waals surface area (Å²) in [7, 11) is 0. The lowest BCUT2D eigenvalue weighted by atomic mass is 9.70. The molecule has 0 fully saturated rings. The molecule has 0 unspecified atom stereocenters. The first-order valence-corrected chi connectivity index (χ1v) is 15.5. The Morgan fingerprint density at radius 2 is 1.21 bits per heavy atom. The quantitative estimate of drug-likeness (QED) is 0.160. The Balaban J connectivity index is 1.49. The molecule has 3 aromatic carbocycles. The second kappa shape index (κ2) is 12.8. The Kier molecular flexibility index (Phi) is 8.99. The van der Waals surface area contributed by atoms with Crippen LogP contribution in [0.3, 0.4) is 0 Å². The number of rotatable bonds is 15. The smallest absolute Gasteiger partial charge is 0.138 e. The van der Waals surface area contributed by atoms with Crippen LogP contribution in [-0.4, -0.2) is 9.97 Å². The van der Waals surface area contributed by atoms with E-state index in [0.717, 1.165) is 16.9 Å². The molecule has 5 rings (SSSR count). The van der Waals surface area contributed by atoms with E-state index in [1.165, 1.54) is 112 Å². The lowest BCUT2D eigenvalue weighted by molar-refractivity contribution is 0.398. The monoisotopic (exact) mass is 506 g/mol. The third-order valence-corrected chi connectivity index (χ3v) is 8.83. The minimum Gasteiger partial charge on any atom is -0.338 e. The number of hydrogen-bond donors (Lipinski definition) is 1. The summed E-state index contributed by atoms with van der Waals surface area (Å²) in [5.74, 6) is 0.968. The SMILES string of the molecule is CCCCCCCCC1(CCCCCCCC)c2ccccc2-c2cc3nc(-c4ccccc4)[nH]c3cc21. The fourth-order valence-electron chi connectivity index (χ4n) is 6.77. The minimum atomic E-state index is 0.119. The maximum Gasteiger partial charge on any atom is 0.138 e. The first-order chi connectivity index (χ1) is 18.8. The van der Waals surface area contributed by atoms with Gasteiger partial charge in [-0.3, -0.25) is 0 Å². The molecule has 4 aromatic rings. The molecular weight excluding hydrogens is 460 g/mol. The molecule has 38 heavy (non-hydrogen) atoms. The number of unbranched alkanes of at least 4 members (excludes halogenated alkanes) is 10. The Hall–Kier alpha value is -2.87. The normalized spacial score (nSPS) is 13.6. The van der Waals surface area contributed by atoms with Gasteiger partial charge in [0.1, 0.15) is 5.82 Å². The molecule has 2 heteroatoms.